The van der Waals surface area contributed by atoms with Crippen LogP contribution in [0.25, 0.3) is 0 Å². The number of carbonyl (C=O) groups is 1. The van der Waals surface area contributed by atoms with Crippen molar-refractivity contribution in [1.29, 1.82) is 0 Å². The molecule has 1 aliphatic rings. The zero-order valence-corrected chi connectivity index (χ0v) is 10.8. The molecule has 1 aromatic carbocycles. The summed E-state index contributed by atoms with van der Waals surface area (Å²) in [6, 6.07) is 7.12. The van der Waals surface area contributed by atoms with Gasteiger partial charge in [-0.2, -0.15) is 0 Å². The Labute approximate surface area is 108 Å². The molecule has 0 aromatic heterocycles. The number of benzene rings is 1. The van der Waals surface area contributed by atoms with Crippen molar-refractivity contribution < 1.29 is 9.53 Å². The first-order valence-corrected chi connectivity index (χ1v) is 6.47. The highest BCUT2D eigenvalue weighted by molar-refractivity contribution is 5.95. The quantitative estimate of drug-likeness (QED) is 0.828. The van der Waals surface area contributed by atoms with Crippen LogP contribution < -0.4 is 5.73 Å². The molecule has 1 unspecified atom stereocenters. The second kappa shape index (κ2) is 5.87. The molecule has 2 rings (SSSR count). The molecule has 4 nitrogen and oxygen atoms in total. The number of carbonyl (C=O) groups excluding carboxylic acids is 1. The maximum Gasteiger partial charge on any atom is 0.254 e. The van der Waals surface area contributed by atoms with E-state index >= 15 is 0 Å². The summed E-state index contributed by atoms with van der Waals surface area (Å²) in [6.45, 7) is 4.16. The summed E-state index contributed by atoms with van der Waals surface area (Å²) in [7, 11) is 0. The van der Waals surface area contributed by atoms with Gasteiger partial charge in [0, 0.05) is 30.9 Å². The van der Waals surface area contributed by atoms with E-state index in [-0.39, 0.29) is 12.0 Å². The monoisotopic (exact) mass is 248 g/mol. The Hall–Kier alpha value is -1.55. The first kappa shape index (κ1) is 12.9. The van der Waals surface area contributed by atoms with Crippen LogP contribution in [0.4, 0.5) is 5.69 Å². The second-order valence-electron chi connectivity index (χ2n) is 4.60. The van der Waals surface area contributed by atoms with Crippen LogP contribution in [0, 0.1) is 0 Å². The Bertz CT molecular complexity index is 414. The molecule has 4 heteroatoms. The molecule has 0 bridgehead atoms. The summed E-state index contributed by atoms with van der Waals surface area (Å²) in [5.74, 6) is 0.0281. The lowest BCUT2D eigenvalue weighted by molar-refractivity contribution is 0.0539. The normalized spacial score (nSPS) is 18.8. The fourth-order valence-electron chi connectivity index (χ4n) is 2.24. The molecule has 1 amide bonds. The van der Waals surface area contributed by atoms with Crippen molar-refractivity contribution in [3.8, 4) is 0 Å². The number of hydrogen-bond acceptors (Lipinski definition) is 3. The predicted octanol–water partition coefficient (Wildman–Crippen LogP) is 1.91. The molecule has 1 saturated heterocycles. The molecule has 0 saturated carbocycles. The van der Waals surface area contributed by atoms with Gasteiger partial charge in [-0.15, -0.1) is 0 Å². The van der Waals surface area contributed by atoms with Crippen molar-refractivity contribution in [2.75, 3.05) is 25.4 Å². The van der Waals surface area contributed by atoms with E-state index in [0.29, 0.717) is 24.3 Å². The van der Waals surface area contributed by atoms with E-state index in [1.165, 1.54) is 0 Å². The van der Waals surface area contributed by atoms with E-state index in [9.17, 15) is 4.79 Å². The van der Waals surface area contributed by atoms with Crippen LogP contribution in [0.5, 0.6) is 0 Å². The minimum absolute atomic E-state index is 0.0281. The minimum Gasteiger partial charge on any atom is -0.399 e. The smallest absolute Gasteiger partial charge is 0.254 e. The largest absolute Gasteiger partial charge is 0.399 e. The summed E-state index contributed by atoms with van der Waals surface area (Å²) in [5.41, 5.74) is 6.97. The third kappa shape index (κ3) is 3.01. The fraction of sp³-hybridized carbons (Fsp3) is 0.500. The Morgan fingerprint density at radius 3 is 3.00 bits per heavy atom. The molecule has 1 fully saturated rings. The van der Waals surface area contributed by atoms with Gasteiger partial charge in [0.05, 0.1) is 6.10 Å². The highest BCUT2D eigenvalue weighted by Crippen LogP contribution is 2.15. The minimum atomic E-state index is 0.0281. The number of ether oxygens (including phenoxy) is 1. The third-order valence-electron chi connectivity index (χ3n) is 3.25. The van der Waals surface area contributed by atoms with Gasteiger partial charge in [0.15, 0.2) is 0 Å². The molecule has 18 heavy (non-hydrogen) atoms. The Balaban J connectivity index is 2.04. The van der Waals surface area contributed by atoms with Crippen molar-refractivity contribution >= 4 is 11.6 Å². The van der Waals surface area contributed by atoms with Crippen LogP contribution in [0.2, 0.25) is 0 Å². The van der Waals surface area contributed by atoms with Gasteiger partial charge in [0.1, 0.15) is 0 Å². The topological polar surface area (TPSA) is 55.6 Å². The molecule has 1 heterocycles. The van der Waals surface area contributed by atoms with Gasteiger partial charge in [-0.3, -0.25) is 4.79 Å². The Morgan fingerprint density at radius 2 is 2.39 bits per heavy atom. The lowest BCUT2D eigenvalue weighted by Gasteiger charge is -2.24. The van der Waals surface area contributed by atoms with Crippen LogP contribution in [0.15, 0.2) is 24.3 Å². The SMILES string of the molecule is CCN(CC1CCCO1)C(=O)c1cccc(N)c1. The zero-order chi connectivity index (χ0) is 13.0. The van der Waals surface area contributed by atoms with Crippen molar-refractivity contribution in [2.24, 2.45) is 0 Å². The molecule has 1 aromatic rings. The summed E-state index contributed by atoms with van der Waals surface area (Å²) >= 11 is 0. The third-order valence-corrected chi connectivity index (χ3v) is 3.25. The molecule has 98 valence electrons. The molecule has 0 aliphatic carbocycles. The van der Waals surface area contributed by atoms with Crippen LogP contribution in [0.1, 0.15) is 30.1 Å². The number of hydrogen-bond donors (Lipinski definition) is 1. The Morgan fingerprint density at radius 1 is 1.56 bits per heavy atom. The number of anilines is 1. The molecule has 0 radical (unpaired) electrons. The molecular formula is C14H20N2O2. The summed E-state index contributed by atoms with van der Waals surface area (Å²) < 4.78 is 5.58. The number of likely N-dealkylation sites (N-methyl/N-ethyl adjacent to an activating group) is 1. The predicted molar refractivity (Wildman–Crippen MR) is 71.4 cm³/mol. The molecule has 1 aliphatic heterocycles. The van der Waals surface area contributed by atoms with E-state index in [2.05, 4.69) is 0 Å². The van der Waals surface area contributed by atoms with Gasteiger partial charge >= 0.3 is 0 Å². The standard InChI is InChI=1S/C14H20N2O2/c1-2-16(10-13-7-4-8-18-13)14(17)11-5-3-6-12(15)9-11/h3,5-6,9,13H,2,4,7-8,10,15H2,1H3. The van der Waals surface area contributed by atoms with Gasteiger partial charge < -0.3 is 15.4 Å². The maximum absolute atomic E-state index is 12.3. The van der Waals surface area contributed by atoms with E-state index in [1.54, 1.807) is 18.2 Å². The lowest BCUT2D eigenvalue weighted by atomic mass is 10.1. The van der Waals surface area contributed by atoms with E-state index in [4.69, 9.17) is 10.5 Å². The summed E-state index contributed by atoms with van der Waals surface area (Å²) in [4.78, 5) is 14.2. The van der Waals surface area contributed by atoms with Crippen LogP contribution >= 0.6 is 0 Å². The number of nitrogens with zero attached hydrogens (tertiary/aromatic N) is 1. The van der Waals surface area contributed by atoms with Crippen LogP contribution in [0.3, 0.4) is 0 Å². The second-order valence-corrected chi connectivity index (χ2v) is 4.60. The first-order chi connectivity index (χ1) is 8.70. The van der Waals surface area contributed by atoms with Gasteiger partial charge in [-0.1, -0.05) is 6.07 Å². The van der Waals surface area contributed by atoms with Gasteiger partial charge in [-0.05, 0) is 38.0 Å². The number of nitrogens with two attached hydrogens (primary N) is 1. The number of nitrogen functional groups attached to an aromatic ring is 1. The van der Waals surface area contributed by atoms with Crippen LogP contribution in [-0.4, -0.2) is 36.6 Å². The highest BCUT2D eigenvalue weighted by Gasteiger charge is 2.22. The van der Waals surface area contributed by atoms with E-state index in [1.807, 2.05) is 17.9 Å². The molecule has 0 spiro atoms. The van der Waals surface area contributed by atoms with Gasteiger partial charge in [0.25, 0.3) is 5.91 Å². The van der Waals surface area contributed by atoms with Gasteiger partial charge in [-0.25, -0.2) is 0 Å². The van der Waals surface area contributed by atoms with E-state index in [0.717, 1.165) is 19.4 Å². The Kier molecular flexibility index (Phi) is 4.20. The average molecular weight is 248 g/mol. The first-order valence-electron chi connectivity index (χ1n) is 6.47. The van der Waals surface area contributed by atoms with Crippen molar-refractivity contribution in [3.05, 3.63) is 29.8 Å². The van der Waals surface area contributed by atoms with Crippen LogP contribution in [-0.2, 0) is 4.74 Å². The molecule has 2 N–H and O–H groups in total. The van der Waals surface area contributed by atoms with Gasteiger partial charge in [0.2, 0.25) is 0 Å². The molecule has 1 atom stereocenters. The summed E-state index contributed by atoms with van der Waals surface area (Å²) in [5, 5.41) is 0. The number of amides is 1. The highest BCUT2D eigenvalue weighted by atomic mass is 16.5. The zero-order valence-electron chi connectivity index (χ0n) is 10.8. The molecular weight excluding hydrogens is 228 g/mol. The van der Waals surface area contributed by atoms with Crippen molar-refractivity contribution in [3.63, 3.8) is 0 Å². The van der Waals surface area contributed by atoms with E-state index < -0.39 is 0 Å². The average Bonchev–Trinajstić information content (AvgIpc) is 2.88. The fourth-order valence-corrected chi connectivity index (χ4v) is 2.24. The lowest BCUT2D eigenvalue weighted by Crippen LogP contribution is -2.37. The van der Waals surface area contributed by atoms with Crippen molar-refractivity contribution in [1.82, 2.24) is 4.90 Å². The van der Waals surface area contributed by atoms with Crippen molar-refractivity contribution in [2.45, 2.75) is 25.9 Å². The number of rotatable bonds is 4. The maximum atomic E-state index is 12.3. The summed E-state index contributed by atoms with van der Waals surface area (Å²) in [6.07, 6.45) is 2.32.